The molecule has 0 radical (unpaired) electrons. The van der Waals surface area contributed by atoms with E-state index in [4.69, 9.17) is 4.74 Å². The molecule has 0 aromatic heterocycles. The molecule has 0 spiro atoms. The standard InChI is InChI=1S/C20H19NO2/c22-20(14-6-2-1-3-7-14)23-16-10-11-19-18(12-16)17-9-5-4-8-15(17)13-21-19/h1-9,13,16,19,21H,10-12H2. The van der Waals surface area contributed by atoms with E-state index in [0.29, 0.717) is 11.6 Å². The number of hydrogen-bond acceptors (Lipinski definition) is 3. The average Bonchev–Trinajstić information content (AvgIpc) is 2.62. The van der Waals surface area contributed by atoms with E-state index in [1.165, 1.54) is 16.0 Å². The molecular formula is C20H19NO2. The van der Waals surface area contributed by atoms with Crippen LogP contribution in [0.25, 0.3) is 11.8 Å². The van der Waals surface area contributed by atoms with Crippen LogP contribution < -0.4 is 15.8 Å². The fourth-order valence-electron chi connectivity index (χ4n) is 3.50. The van der Waals surface area contributed by atoms with Gasteiger partial charge in [-0.1, -0.05) is 42.5 Å². The van der Waals surface area contributed by atoms with E-state index >= 15 is 0 Å². The molecule has 1 saturated carbocycles. The highest BCUT2D eigenvalue weighted by molar-refractivity contribution is 5.89. The summed E-state index contributed by atoms with van der Waals surface area (Å²) in [6.45, 7) is 0. The van der Waals surface area contributed by atoms with E-state index in [-0.39, 0.29) is 12.1 Å². The lowest BCUT2D eigenvalue weighted by Crippen LogP contribution is -2.46. The third kappa shape index (κ3) is 2.74. The Hall–Kier alpha value is -2.55. The van der Waals surface area contributed by atoms with Crippen molar-refractivity contribution in [2.75, 3.05) is 0 Å². The molecule has 1 fully saturated rings. The molecule has 4 rings (SSSR count). The van der Waals surface area contributed by atoms with Crippen LogP contribution in [0.5, 0.6) is 0 Å². The van der Waals surface area contributed by atoms with Gasteiger partial charge in [0.1, 0.15) is 6.10 Å². The van der Waals surface area contributed by atoms with Crippen molar-refractivity contribution in [2.45, 2.75) is 31.4 Å². The van der Waals surface area contributed by atoms with E-state index < -0.39 is 0 Å². The highest BCUT2D eigenvalue weighted by Gasteiger charge is 2.29. The van der Waals surface area contributed by atoms with Gasteiger partial charge in [-0.25, -0.2) is 4.79 Å². The maximum Gasteiger partial charge on any atom is 0.338 e. The van der Waals surface area contributed by atoms with Gasteiger partial charge in [-0.15, -0.1) is 0 Å². The number of nitrogens with one attached hydrogen (secondary N) is 1. The van der Waals surface area contributed by atoms with Crippen LogP contribution in [0.1, 0.15) is 29.6 Å². The van der Waals surface area contributed by atoms with Gasteiger partial charge in [-0.05, 0) is 41.0 Å². The largest absolute Gasteiger partial charge is 0.458 e. The summed E-state index contributed by atoms with van der Waals surface area (Å²) in [5, 5.41) is 5.99. The number of rotatable bonds is 2. The summed E-state index contributed by atoms with van der Waals surface area (Å²) in [5.74, 6) is -0.224. The summed E-state index contributed by atoms with van der Waals surface area (Å²) in [6, 6.07) is 18.0. The summed E-state index contributed by atoms with van der Waals surface area (Å²) in [5.41, 5.74) is 1.98. The van der Waals surface area contributed by atoms with Crippen LogP contribution in [0.15, 0.2) is 54.6 Å². The Bertz CT molecular complexity index is 841. The number of ether oxygens (including phenoxy) is 1. The molecule has 116 valence electrons. The number of carbonyl (C=O) groups excluding carboxylic acids is 1. The lowest BCUT2D eigenvalue weighted by Gasteiger charge is -2.33. The SMILES string of the molecule is O=C(OC1CCC2NC=c3ccccc3=C2C1)c1ccccc1. The fraction of sp³-hybridized carbons (Fsp3) is 0.250. The van der Waals surface area contributed by atoms with Gasteiger partial charge in [0.05, 0.1) is 5.56 Å². The topological polar surface area (TPSA) is 38.3 Å². The zero-order chi connectivity index (χ0) is 15.6. The first kappa shape index (κ1) is 14.1. The first-order valence-corrected chi connectivity index (χ1v) is 8.11. The molecule has 2 atom stereocenters. The van der Waals surface area contributed by atoms with Gasteiger partial charge in [0.2, 0.25) is 0 Å². The molecule has 23 heavy (non-hydrogen) atoms. The third-order valence-electron chi connectivity index (χ3n) is 4.68. The monoisotopic (exact) mass is 305 g/mol. The van der Waals surface area contributed by atoms with E-state index in [9.17, 15) is 4.79 Å². The molecular weight excluding hydrogens is 286 g/mol. The zero-order valence-electron chi connectivity index (χ0n) is 12.9. The van der Waals surface area contributed by atoms with Crippen LogP contribution in [0.4, 0.5) is 0 Å². The molecule has 2 aromatic rings. The highest BCUT2D eigenvalue weighted by atomic mass is 16.5. The Morgan fingerprint density at radius 3 is 2.65 bits per heavy atom. The van der Waals surface area contributed by atoms with Crippen LogP contribution in [-0.4, -0.2) is 18.1 Å². The number of fused-ring (bicyclic) bond motifs is 2. The van der Waals surface area contributed by atoms with Crippen molar-refractivity contribution in [2.24, 2.45) is 0 Å². The first-order chi connectivity index (χ1) is 11.3. The Balaban J connectivity index is 1.58. The maximum atomic E-state index is 12.3. The summed E-state index contributed by atoms with van der Waals surface area (Å²) >= 11 is 0. The summed E-state index contributed by atoms with van der Waals surface area (Å²) in [7, 11) is 0. The van der Waals surface area contributed by atoms with Crippen molar-refractivity contribution in [3.63, 3.8) is 0 Å². The van der Waals surface area contributed by atoms with Crippen molar-refractivity contribution >= 4 is 17.7 Å². The van der Waals surface area contributed by atoms with Crippen LogP contribution >= 0.6 is 0 Å². The number of esters is 1. The summed E-state index contributed by atoms with van der Waals surface area (Å²) in [6.07, 6.45) is 4.76. The number of carbonyl (C=O) groups is 1. The highest BCUT2D eigenvalue weighted by Crippen LogP contribution is 2.27. The molecule has 2 unspecified atom stereocenters. The van der Waals surface area contributed by atoms with Gasteiger partial charge in [0, 0.05) is 18.7 Å². The molecule has 1 aliphatic heterocycles. The molecule has 0 saturated heterocycles. The van der Waals surface area contributed by atoms with Crippen LogP contribution in [0.3, 0.4) is 0 Å². The van der Waals surface area contributed by atoms with Crippen molar-refractivity contribution in [1.82, 2.24) is 5.32 Å². The van der Waals surface area contributed by atoms with Crippen LogP contribution in [0.2, 0.25) is 0 Å². The molecule has 0 bridgehead atoms. The van der Waals surface area contributed by atoms with E-state index in [0.717, 1.165) is 19.3 Å². The van der Waals surface area contributed by atoms with E-state index in [1.807, 2.05) is 24.3 Å². The van der Waals surface area contributed by atoms with Crippen LogP contribution in [0, 0.1) is 0 Å². The molecule has 1 heterocycles. The van der Waals surface area contributed by atoms with Crippen molar-refractivity contribution < 1.29 is 9.53 Å². The van der Waals surface area contributed by atoms with Gasteiger partial charge < -0.3 is 10.1 Å². The predicted molar refractivity (Wildman–Crippen MR) is 90.0 cm³/mol. The second-order valence-corrected chi connectivity index (χ2v) is 6.15. The summed E-state index contributed by atoms with van der Waals surface area (Å²) < 4.78 is 5.74. The molecule has 2 aromatic carbocycles. The van der Waals surface area contributed by atoms with Crippen molar-refractivity contribution in [1.29, 1.82) is 0 Å². The third-order valence-corrected chi connectivity index (χ3v) is 4.68. The predicted octanol–water partition coefficient (Wildman–Crippen LogP) is 1.96. The second kappa shape index (κ2) is 5.92. The lowest BCUT2D eigenvalue weighted by molar-refractivity contribution is 0.0263. The zero-order valence-corrected chi connectivity index (χ0v) is 12.9. The minimum Gasteiger partial charge on any atom is -0.458 e. The Labute approximate surface area is 135 Å². The summed E-state index contributed by atoms with van der Waals surface area (Å²) in [4.78, 5) is 12.3. The Morgan fingerprint density at radius 1 is 1.00 bits per heavy atom. The number of hydrogen-bond donors (Lipinski definition) is 1. The number of benzene rings is 2. The Kier molecular flexibility index (Phi) is 3.62. The van der Waals surface area contributed by atoms with Gasteiger partial charge in [-0.2, -0.15) is 0 Å². The van der Waals surface area contributed by atoms with E-state index in [1.54, 1.807) is 12.1 Å². The minimum absolute atomic E-state index is 0.0399. The van der Waals surface area contributed by atoms with Gasteiger partial charge in [0.25, 0.3) is 0 Å². The molecule has 0 amide bonds. The van der Waals surface area contributed by atoms with E-state index in [2.05, 4.69) is 29.7 Å². The fourth-order valence-corrected chi connectivity index (χ4v) is 3.50. The molecule has 1 N–H and O–H groups in total. The smallest absolute Gasteiger partial charge is 0.338 e. The molecule has 3 nitrogen and oxygen atoms in total. The molecule has 1 aliphatic carbocycles. The van der Waals surface area contributed by atoms with Crippen molar-refractivity contribution in [3.05, 3.63) is 70.6 Å². The molecule has 3 heteroatoms. The average molecular weight is 305 g/mol. The second-order valence-electron chi connectivity index (χ2n) is 6.15. The van der Waals surface area contributed by atoms with Crippen molar-refractivity contribution in [3.8, 4) is 0 Å². The first-order valence-electron chi connectivity index (χ1n) is 8.11. The minimum atomic E-state index is -0.224. The maximum absolute atomic E-state index is 12.3. The van der Waals surface area contributed by atoms with Gasteiger partial charge in [0.15, 0.2) is 0 Å². The lowest BCUT2D eigenvalue weighted by atomic mass is 9.85. The Morgan fingerprint density at radius 2 is 1.78 bits per heavy atom. The van der Waals surface area contributed by atoms with Gasteiger partial charge >= 0.3 is 5.97 Å². The van der Waals surface area contributed by atoms with Gasteiger partial charge in [-0.3, -0.25) is 0 Å². The normalized spacial score (nSPS) is 22.2. The molecule has 2 aliphatic rings. The quantitative estimate of drug-likeness (QED) is 0.862. The van der Waals surface area contributed by atoms with Crippen LogP contribution in [-0.2, 0) is 4.74 Å².